The van der Waals surface area contributed by atoms with Gasteiger partial charge in [-0.2, -0.15) is 4.98 Å². The average molecular weight is 286 g/mol. The number of nitrogens with zero attached hydrogens (tertiary/aromatic N) is 2. The Morgan fingerprint density at radius 3 is 2.81 bits per heavy atom. The lowest BCUT2D eigenvalue weighted by Crippen LogP contribution is -2.06. The minimum atomic E-state index is -0.219. The summed E-state index contributed by atoms with van der Waals surface area (Å²) in [4.78, 5) is 8.97. The lowest BCUT2D eigenvalue weighted by Gasteiger charge is -2.12. The van der Waals surface area contributed by atoms with Crippen molar-refractivity contribution in [3.05, 3.63) is 41.3 Å². The van der Waals surface area contributed by atoms with E-state index in [-0.39, 0.29) is 5.82 Å². The van der Waals surface area contributed by atoms with E-state index in [1.54, 1.807) is 13.0 Å². The number of hydrogen-bond donors (Lipinski definition) is 2. The molecule has 2 N–H and O–H groups in total. The van der Waals surface area contributed by atoms with Crippen molar-refractivity contribution >= 4 is 17.5 Å². The van der Waals surface area contributed by atoms with Gasteiger partial charge in [-0.1, -0.05) is 6.07 Å². The molecule has 1 aliphatic carbocycles. The van der Waals surface area contributed by atoms with Crippen molar-refractivity contribution in [1.29, 1.82) is 0 Å². The third-order valence-corrected chi connectivity index (χ3v) is 3.61. The van der Waals surface area contributed by atoms with E-state index < -0.39 is 0 Å². The van der Waals surface area contributed by atoms with Crippen molar-refractivity contribution in [1.82, 2.24) is 9.97 Å². The molecule has 1 aromatic carbocycles. The van der Waals surface area contributed by atoms with Crippen molar-refractivity contribution in [2.75, 3.05) is 17.2 Å². The van der Waals surface area contributed by atoms with Crippen LogP contribution < -0.4 is 10.6 Å². The Balaban J connectivity index is 1.91. The molecule has 0 spiro atoms. The SMILES string of the molecule is CCNc1nc(Nc2cccc(F)c2C)cc(C2CC2)n1. The first-order valence-electron chi connectivity index (χ1n) is 7.32. The molecular weight excluding hydrogens is 267 g/mol. The Bertz CT molecular complexity index is 653. The fourth-order valence-electron chi connectivity index (χ4n) is 2.24. The Morgan fingerprint density at radius 2 is 2.10 bits per heavy atom. The summed E-state index contributed by atoms with van der Waals surface area (Å²) < 4.78 is 13.6. The molecule has 1 heterocycles. The van der Waals surface area contributed by atoms with Gasteiger partial charge in [-0.15, -0.1) is 0 Å². The van der Waals surface area contributed by atoms with Gasteiger partial charge in [-0.25, -0.2) is 9.37 Å². The van der Waals surface area contributed by atoms with E-state index in [1.165, 1.54) is 18.9 Å². The molecule has 0 amide bonds. The van der Waals surface area contributed by atoms with Gasteiger partial charge in [0.2, 0.25) is 5.95 Å². The summed E-state index contributed by atoms with van der Waals surface area (Å²) in [5.74, 6) is 1.65. The molecule has 110 valence electrons. The van der Waals surface area contributed by atoms with Crippen molar-refractivity contribution < 1.29 is 4.39 Å². The Kier molecular flexibility index (Phi) is 3.73. The number of rotatable bonds is 5. The van der Waals surface area contributed by atoms with Crippen LogP contribution in [0.2, 0.25) is 0 Å². The molecule has 1 aliphatic rings. The van der Waals surface area contributed by atoms with Crippen LogP contribution in [0.4, 0.5) is 21.8 Å². The van der Waals surface area contributed by atoms with E-state index in [0.29, 0.717) is 23.2 Å². The maximum atomic E-state index is 13.6. The van der Waals surface area contributed by atoms with Crippen LogP contribution in [0.25, 0.3) is 0 Å². The van der Waals surface area contributed by atoms with E-state index >= 15 is 0 Å². The van der Waals surface area contributed by atoms with Crippen LogP contribution in [-0.2, 0) is 0 Å². The van der Waals surface area contributed by atoms with Crippen LogP contribution in [0.5, 0.6) is 0 Å². The van der Waals surface area contributed by atoms with E-state index in [2.05, 4.69) is 20.6 Å². The molecule has 4 nitrogen and oxygen atoms in total. The molecule has 0 unspecified atom stereocenters. The van der Waals surface area contributed by atoms with Crippen molar-refractivity contribution in [3.8, 4) is 0 Å². The number of benzene rings is 1. The van der Waals surface area contributed by atoms with Crippen molar-refractivity contribution in [2.45, 2.75) is 32.6 Å². The Labute approximate surface area is 123 Å². The molecule has 0 atom stereocenters. The molecule has 3 rings (SSSR count). The molecule has 1 saturated carbocycles. The zero-order valence-electron chi connectivity index (χ0n) is 12.3. The second-order valence-corrected chi connectivity index (χ2v) is 5.34. The lowest BCUT2D eigenvalue weighted by atomic mass is 10.2. The van der Waals surface area contributed by atoms with Gasteiger partial charge in [0.25, 0.3) is 0 Å². The van der Waals surface area contributed by atoms with Crippen LogP contribution in [0.15, 0.2) is 24.3 Å². The summed E-state index contributed by atoms with van der Waals surface area (Å²) in [5.41, 5.74) is 2.38. The van der Waals surface area contributed by atoms with Gasteiger partial charge in [-0.3, -0.25) is 0 Å². The first kappa shape index (κ1) is 13.8. The highest BCUT2D eigenvalue weighted by atomic mass is 19.1. The summed E-state index contributed by atoms with van der Waals surface area (Å²) in [5, 5.41) is 6.35. The predicted octanol–water partition coefficient (Wildman–Crippen LogP) is 3.98. The highest BCUT2D eigenvalue weighted by molar-refractivity contribution is 5.61. The van der Waals surface area contributed by atoms with E-state index in [0.717, 1.165) is 17.9 Å². The molecular formula is C16H19FN4. The van der Waals surface area contributed by atoms with Gasteiger partial charge in [0.05, 0.1) is 5.69 Å². The van der Waals surface area contributed by atoms with Crippen LogP contribution in [-0.4, -0.2) is 16.5 Å². The minimum Gasteiger partial charge on any atom is -0.354 e. The molecule has 1 fully saturated rings. The average Bonchev–Trinajstić information content (AvgIpc) is 3.29. The molecule has 21 heavy (non-hydrogen) atoms. The smallest absolute Gasteiger partial charge is 0.224 e. The van der Waals surface area contributed by atoms with Gasteiger partial charge in [0.1, 0.15) is 11.6 Å². The van der Waals surface area contributed by atoms with Crippen LogP contribution >= 0.6 is 0 Å². The van der Waals surface area contributed by atoms with Gasteiger partial charge < -0.3 is 10.6 Å². The van der Waals surface area contributed by atoms with E-state index in [9.17, 15) is 4.39 Å². The Morgan fingerprint density at radius 1 is 1.29 bits per heavy atom. The number of nitrogens with one attached hydrogen (secondary N) is 2. The number of anilines is 3. The van der Waals surface area contributed by atoms with Crippen LogP contribution in [0.3, 0.4) is 0 Å². The fourth-order valence-corrected chi connectivity index (χ4v) is 2.24. The van der Waals surface area contributed by atoms with E-state index in [4.69, 9.17) is 0 Å². The zero-order chi connectivity index (χ0) is 14.8. The highest BCUT2D eigenvalue weighted by Crippen LogP contribution is 2.40. The number of hydrogen-bond acceptors (Lipinski definition) is 4. The summed E-state index contributed by atoms with van der Waals surface area (Å²) in [7, 11) is 0. The van der Waals surface area contributed by atoms with Crippen LogP contribution in [0, 0.1) is 12.7 Å². The largest absolute Gasteiger partial charge is 0.354 e. The zero-order valence-corrected chi connectivity index (χ0v) is 12.3. The third-order valence-electron chi connectivity index (χ3n) is 3.61. The first-order valence-corrected chi connectivity index (χ1v) is 7.32. The van der Waals surface area contributed by atoms with Gasteiger partial charge in [-0.05, 0) is 38.8 Å². The molecule has 0 bridgehead atoms. The van der Waals surface area contributed by atoms with Crippen LogP contribution in [0.1, 0.15) is 36.9 Å². The third kappa shape index (κ3) is 3.12. The van der Waals surface area contributed by atoms with E-state index in [1.807, 2.05) is 19.1 Å². The Hall–Kier alpha value is -2.17. The monoisotopic (exact) mass is 286 g/mol. The minimum absolute atomic E-state index is 0.219. The first-order chi connectivity index (χ1) is 10.2. The fraction of sp³-hybridized carbons (Fsp3) is 0.375. The van der Waals surface area contributed by atoms with Gasteiger partial charge in [0.15, 0.2) is 0 Å². The van der Waals surface area contributed by atoms with Crippen molar-refractivity contribution in [2.24, 2.45) is 0 Å². The van der Waals surface area contributed by atoms with Gasteiger partial charge >= 0.3 is 0 Å². The number of aromatic nitrogens is 2. The topological polar surface area (TPSA) is 49.8 Å². The van der Waals surface area contributed by atoms with Gasteiger partial charge in [0, 0.05) is 29.8 Å². The summed E-state index contributed by atoms with van der Waals surface area (Å²) in [6.45, 7) is 4.54. The maximum absolute atomic E-state index is 13.6. The second-order valence-electron chi connectivity index (χ2n) is 5.34. The molecule has 0 radical (unpaired) electrons. The standard InChI is InChI=1S/C16H19FN4/c1-3-18-16-20-14(11-7-8-11)9-15(21-16)19-13-6-4-5-12(17)10(13)2/h4-6,9,11H,3,7-8H2,1-2H3,(H2,18,19,20,21). The highest BCUT2D eigenvalue weighted by Gasteiger charge is 2.26. The predicted molar refractivity (Wildman–Crippen MR) is 82.6 cm³/mol. The normalized spacial score (nSPS) is 14.0. The summed E-state index contributed by atoms with van der Waals surface area (Å²) in [6.07, 6.45) is 2.36. The summed E-state index contributed by atoms with van der Waals surface area (Å²) in [6, 6.07) is 6.96. The number of halogens is 1. The quantitative estimate of drug-likeness (QED) is 0.873. The molecule has 0 saturated heterocycles. The molecule has 1 aromatic heterocycles. The second kappa shape index (κ2) is 5.68. The molecule has 2 aromatic rings. The van der Waals surface area contributed by atoms with Crippen molar-refractivity contribution in [3.63, 3.8) is 0 Å². The molecule has 0 aliphatic heterocycles. The molecule has 5 heteroatoms. The lowest BCUT2D eigenvalue weighted by molar-refractivity contribution is 0.619. The summed E-state index contributed by atoms with van der Waals surface area (Å²) >= 11 is 0. The maximum Gasteiger partial charge on any atom is 0.224 e.